The van der Waals surface area contributed by atoms with Crippen LogP contribution >= 0.6 is 11.8 Å². The summed E-state index contributed by atoms with van der Waals surface area (Å²) in [6, 6.07) is 12.2. The molecule has 2 nitrogen and oxygen atoms in total. The molecule has 4 heteroatoms. The zero-order valence-corrected chi connectivity index (χ0v) is 11.6. The minimum absolute atomic E-state index is 0.320. The van der Waals surface area contributed by atoms with Gasteiger partial charge in [0.1, 0.15) is 11.6 Å². The Bertz CT molecular complexity index is 553. The van der Waals surface area contributed by atoms with Crippen LogP contribution in [0.5, 0.6) is 5.75 Å². The molecule has 1 atom stereocenters. The third-order valence-electron chi connectivity index (χ3n) is 2.73. The Labute approximate surface area is 116 Å². The summed E-state index contributed by atoms with van der Waals surface area (Å²) in [6.45, 7) is 1.62. The number of hydrogen-bond donors (Lipinski definition) is 1. The van der Waals surface area contributed by atoms with Crippen LogP contribution in [0.2, 0.25) is 0 Å². The van der Waals surface area contributed by atoms with E-state index in [1.54, 1.807) is 26.2 Å². The van der Waals surface area contributed by atoms with Crippen LogP contribution in [0.15, 0.2) is 52.3 Å². The Kier molecular flexibility index (Phi) is 4.45. The van der Waals surface area contributed by atoms with E-state index in [0.717, 1.165) is 10.6 Å². The maximum atomic E-state index is 13.9. The molecule has 0 bridgehead atoms. The first-order valence-electron chi connectivity index (χ1n) is 5.89. The highest BCUT2D eigenvalue weighted by atomic mass is 32.2. The molecule has 0 aliphatic heterocycles. The minimum Gasteiger partial charge on any atom is -0.497 e. The molecule has 0 radical (unpaired) electrons. The van der Waals surface area contributed by atoms with E-state index in [-0.39, 0.29) is 5.82 Å². The van der Waals surface area contributed by atoms with E-state index in [2.05, 4.69) is 0 Å². The fraction of sp³-hybridized carbons (Fsp3) is 0.200. The summed E-state index contributed by atoms with van der Waals surface area (Å²) in [4.78, 5) is 1.47. The molecule has 0 spiro atoms. The lowest BCUT2D eigenvalue weighted by Crippen LogP contribution is -1.92. The fourth-order valence-corrected chi connectivity index (χ4v) is 2.45. The summed E-state index contributed by atoms with van der Waals surface area (Å²) in [5, 5.41) is 9.40. The van der Waals surface area contributed by atoms with Crippen molar-refractivity contribution in [2.45, 2.75) is 22.8 Å². The number of benzene rings is 2. The van der Waals surface area contributed by atoms with E-state index in [1.807, 2.05) is 24.3 Å². The van der Waals surface area contributed by atoms with Gasteiger partial charge in [0.25, 0.3) is 0 Å². The average Bonchev–Trinajstić information content (AvgIpc) is 2.41. The quantitative estimate of drug-likeness (QED) is 0.915. The summed E-state index contributed by atoms with van der Waals surface area (Å²) in [5.41, 5.74) is 0.580. The molecule has 1 unspecified atom stereocenters. The van der Waals surface area contributed by atoms with Gasteiger partial charge in [0, 0.05) is 9.79 Å². The lowest BCUT2D eigenvalue weighted by atomic mass is 10.1. The van der Waals surface area contributed by atoms with Crippen molar-refractivity contribution in [3.63, 3.8) is 0 Å². The first-order chi connectivity index (χ1) is 9.10. The van der Waals surface area contributed by atoms with Gasteiger partial charge in [0.15, 0.2) is 0 Å². The van der Waals surface area contributed by atoms with Crippen LogP contribution in [0.25, 0.3) is 0 Å². The zero-order chi connectivity index (χ0) is 13.8. The Morgan fingerprint density at radius 1 is 1.16 bits per heavy atom. The molecule has 0 aromatic heterocycles. The Balaban J connectivity index is 2.18. The summed E-state index contributed by atoms with van der Waals surface area (Å²) in [5.74, 6) is 0.452. The molecule has 0 amide bonds. The largest absolute Gasteiger partial charge is 0.497 e. The maximum Gasteiger partial charge on any atom is 0.137 e. The van der Waals surface area contributed by atoms with E-state index in [9.17, 15) is 9.50 Å². The topological polar surface area (TPSA) is 29.5 Å². The van der Waals surface area contributed by atoms with Crippen molar-refractivity contribution < 1.29 is 14.2 Å². The Morgan fingerprint density at radius 3 is 2.37 bits per heavy atom. The number of halogens is 1. The molecule has 0 aliphatic rings. The molecule has 2 aromatic carbocycles. The van der Waals surface area contributed by atoms with E-state index in [0.29, 0.717) is 10.5 Å². The monoisotopic (exact) mass is 278 g/mol. The van der Waals surface area contributed by atoms with Crippen molar-refractivity contribution in [1.29, 1.82) is 0 Å². The van der Waals surface area contributed by atoms with Crippen LogP contribution in [-0.4, -0.2) is 12.2 Å². The number of hydrogen-bond acceptors (Lipinski definition) is 3. The van der Waals surface area contributed by atoms with E-state index < -0.39 is 6.10 Å². The van der Waals surface area contributed by atoms with Gasteiger partial charge in [-0.3, -0.25) is 0 Å². The number of aliphatic hydroxyl groups excluding tert-OH is 1. The highest BCUT2D eigenvalue weighted by Gasteiger charge is 2.08. The summed E-state index contributed by atoms with van der Waals surface area (Å²) >= 11 is 1.34. The highest BCUT2D eigenvalue weighted by Crippen LogP contribution is 2.32. The molecular formula is C15H15FO2S. The lowest BCUT2D eigenvalue weighted by molar-refractivity contribution is 0.198. The van der Waals surface area contributed by atoms with Crippen molar-refractivity contribution in [2.75, 3.05) is 7.11 Å². The van der Waals surface area contributed by atoms with Gasteiger partial charge < -0.3 is 9.84 Å². The molecule has 19 heavy (non-hydrogen) atoms. The van der Waals surface area contributed by atoms with Gasteiger partial charge in [-0.15, -0.1) is 0 Å². The van der Waals surface area contributed by atoms with Gasteiger partial charge in [0.2, 0.25) is 0 Å². The lowest BCUT2D eigenvalue weighted by Gasteiger charge is -2.08. The van der Waals surface area contributed by atoms with E-state index in [1.165, 1.54) is 17.8 Å². The van der Waals surface area contributed by atoms with Gasteiger partial charge in [-0.05, 0) is 48.9 Å². The number of methoxy groups -OCH3 is 1. The molecule has 2 rings (SSSR count). The first-order valence-corrected chi connectivity index (χ1v) is 6.71. The van der Waals surface area contributed by atoms with Crippen molar-refractivity contribution in [1.82, 2.24) is 0 Å². The van der Waals surface area contributed by atoms with Gasteiger partial charge >= 0.3 is 0 Å². The minimum atomic E-state index is -0.658. The first kappa shape index (κ1) is 13.9. The van der Waals surface area contributed by atoms with Gasteiger partial charge in [-0.25, -0.2) is 4.39 Å². The second kappa shape index (κ2) is 6.08. The van der Waals surface area contributed by atoms with Gasteiger partial charge in [0.05, 0.1) is 13.2 Å². The summed E-state index contributed by atoms with van der Waals surface area (Å²) < 4.78 is 19.0. The van der Waals surface area contributed by atoms with Crippen LogP contribution in [0.3, 0.4) is 0 Å². The standard InChI is InChI=1S/C15H15FO2S/c1-10(17)11-3-8-15(14(16)9-11)19-13-6-4-12(18-2)5-7-13/h3-10,17H,1-2H3. The smallest absolute Gasteiger partial charge is 0.137 e. The van der Waals surface area contributed by atoms with E-state index in [4.69, 9.17) is 4.74 Å². The predicted octanol–water partition coefficient (Wildman–Crippen LogP) is 4.04. The van der Waals surface area contributed by atoms with Crippen molar-refractivity contribution in [3.05, 3.63) is 53.8 Å². The maximum absolute atomic E-state index is 13.9. The predicted molar refractivity (Wildman–Crippen MR) is 74.2 cm³/mol. The molecule has 0 saturated carbocycles. The van der Waals surface area contributed by atoms with Crippen LogP contribution in [0.1, 0.15) is 18.6 Å². The van der Waals surface area contributed by atoms with Crippen molar-refractivity contribution in [2.24, 2.45) is 0 Å². The van der Waals surface area contributed by atoms with E-state index >= 15 is 0 Å². The van der Waals surface area contributed by atoms with Gasteiger partial charge in [-0.2, -0.15) is 0 Å². The molecule has 1 N–H and O–H groups in total. The highest BCUT2D eigenvalue weighted by molar-refractivity contribution is 7.99. The number of ether oxygens (including phenoxy) is 1. The summed E-state index contributed by atoms with van der Waals surface area (Å²) in [7, 11) is 1.61. The van der Waals surface area contributed by atoms with Crippen molar-refractivity contribution >= 4 is 11.8 Å². The third-order valence-corrected chi connectivity index (χ3v) is 3.78. The fourth-order valence-electron chi connectivity index (χ4n) is 1.63. The van der Waals surface area contributed by atoms with Crippen molar-refractivity contribution in [3.8, 4) is 5.75 Å². The summed E-state index contributed by atoms with van der Waals surface area (Å²) in [6.07, 6.45) is -0.658. The third kappa shape index (κ3) is 3.49. The molecule has 2 aromatic rings. The number of rotatable bonds is 4. The van der Waals surface area contributed by atoms with Crippen LogP contribution in [0.4, 0.5) is 4.39 Å². The van der Waals surface area contributed by atoms with Crippen LogP contribution in [-0.2, 0) is 0 Å². The van der Waals surface area contributed by atoms with Crippen LogP contribution in [0, 0.1) is 5.82 Å². The molecule has 0 fully saturated rings. The molecule has 0 heterocycles. The molecule has 100 valence electrons. The SMILES string of the molecule is COc1ccc(Sc2ccc(C(C)O)cc2F)cc1. The second-order valence-electron chi connectivity index (χ2n) is 4.14. The Hall–Kier alpha value is -1.52. The second-order valence-corrected chi connectivity index (χ2v) is 5.26. The van der Waals surface area contributed by atoms with Gasteiger partial charge in [-0.1, -0.05) is 17.8 Å². The molecule has 0 aliphatic carbocycles. The molecular weight excluding hydrogens is 263 g/mol. The van der Waals surface area contributed by atoms with Crippen LogP contribution < -0.4 is 4.74 Å². The number of aliphatic hydroxyl groups is 1. The molecule has 0 saturated heterocycles. The Morgan fingerprint density at radius 2 is 1.84 bits per heavy atom. The zero-order valence-electron chi connectivity index (χ0n) is 10.8. The average molecular weight is 278 g/mol. The normalized spacial score (nSPS) is 12.2.